The zero-order valence-electron chi connectivity index (χ0n) is 12.8. The largest absolute Gasteiger partial charge is 1.00 e. The van der Waals surface area contributed by atoms with Crippen molar-refractivity contribution in [3.8, 4) is 0 Å². The van der Waals surface area contributed by atoms with E-state index < -0.39 is 7.81 Å². The second-order valence-corrected chi connectivity index (χ2v) is 6.90. The molecule has 0 aromatic heterocycles. The fourth-order valence-corrected chi connectivity index (χ4v) is 1.27. The Hall–Kier alpha value is -0.147. The molecule has 1 fully saturated rings. The molecular formula is C15H19F6PRu. The van der Waals surface area contributed by atoms with Gasteiger partial charge in [0.15, 0.2) is 0 Å². The summed E-state index contributed by atoms with van der Waals surface area (Å²) in [5, 5.41) is 0. The van der Waals surface area contributed by atoms with E-state index in [1.165, 1.54) is 11.1 Å². The van der Waals surface area contributed by atoms with Crippen LogP contribution in [-0.4, -0.2) is 0 Å². The van der Waals surface area contributed by atoms with Gasteiger partial charge in [0.2, 0.25) is 0 Å². The molecule has 1 aromatic carbocycles. The molecule has 0 nitrogen and oxygen atoms in total. The third kappa shape index (κ3) is 24.2. The van der Waals surface area contributed by atoms with Gasteiger partial charge >= 0.3 is 52.5 Å². The van der Waals surface area contributed by atoms with Crippen molar-refractivity contribution in [2.24, 2.45) is 0 Å². The molecule has 1 aliphatic rings. The van der Waals surface area contributed by atoms with Gasteiger partial charge in [-0.05, 0) is 50.5 Å². The Morgan fingerprint density at radius 1 is 0.696 bits per heavy atom. The number of aryl methyl sites for hydroxylation is 1. The van der Waals surface area contributed by atoms with Crippen molar-refractivity contribution in [2.75, 3.05) is 0 Å². The first-order valence-electron chi connectivity index (χ1n) is 6.45. The minimum atomic E-state index is -10.7. The van der Waals surface area contributed by atoms with Crippen LogP contribution in [0, 0.1) is 39.0 Å². The summed E-state index contributed by atoms with van der Waals surface area (Å²) in [5.74, 6) is 0.653. The van der Waals surface area contributed by atoms with Crippen LogP contribution in [0.5, 0.6) is 0 Å². The second kappa shape index (κ2) is 8.80. The maximum Gasteiger partial charge on any atom is 1.00 e. The first-order valence-corrected chi connectivity index (χ1v) is 8.47. The Morgan fingerprint density at radius 2 is 0.957 bits per heavy atom. The van der Waals surface area contributed by atoms with Crippen LogP contribution < -0.4 is 0 Å². The fourth-order valence-electron chi connectivity index (χ4n) is 1.27. The van der Waals surface area contributed by atoms with Gasteiger partial charge in [0.25, 0.3) is 0 Å². The quantitative estimate of drug-likeness (QED) is 0.238. The summed E-state index contributed by atoms with van der Waals surface area (Å²) in [6.07, 6.45) is 10.0. The third-order valence-corrected chi connectivity index (χ3v) is 2.30. The minimum Gasteiger partial charge on any atom is -0.0312 e. The molecule has 0 saturated heterocycles. The van der Waals surface area contributed by atoms with Crippen LogP contribution in [0.15, 0.2) is 24.3 Å². The van der Waals surface area contributed by atoms with E-state index in [0.717, 1.165) is 0 Å². The Labute approximate surface area is 147 Å². The van der Waals surface area contributed by atoms with Gasteiger partial charge in [-0.15, -0.1) is 0 Å². The number of halogens is 6. The summed E-state index contributed by atoms with van der Waals surface area (Å²) in [4.78, 5) is 0. The molecule has 1 aliphatic carbocycles. The van der Waals surface area contributed by atoms with Crippen LogP contribution >= 0.6 is 7.81 Å². The van der Waals surface area contributed by atoms with Crippen molar-refractivity contribution >= 4 is 7.81 Å². The van der Waals surface area contributed by atoms with Crippen molar-refractivity contribution in [2.45, 2.75) is 26.7 Å². The van der Waals surface area contributed by atoms with E-state index in [9.17, 15) is 25.2 Å². The number of hydrogen-bond donors (Lipinski definition) is 0. The molecule has 1 saturated carbocycles. The van der Waals surface area contributed by atoms with Crippen molar-refractivity contribution in [3.63, 3.8) is 0 Å². The Morgan fingerprint density at radius 3 is 1.17 bits per heavy atom. The van der Waals surface area contributed by atoms with Crippen molar-refractivity contribution < 1.29 is 44.7 Å². The molecular weight excluding hydrogens is 426 g/mol. The number of benzene rings is 1. The summed E-state index contributed by atoms with van der Waals surface area (Å²) < 4.78 is 59.2. The standard InChI is InChI=1S/C10H14.C5H5.F6P.Ru/c1-8(2)10-6-4-9(3)5-7-10;1-2-4-5-3-1;1-7(2,3,4,5)6;/h4-8H,1-3H3;1-5H;;/q;;-1;+1. The molecule has 0 amide bonds. The van der Waals surface area contributed by atoms with Crippen LogP contribution in [0.2, 0.25) is 0 Å². The third-order valence-electron chi connectivity index (χ3n) is 2.30. The zero-order valence-corrected chi connectivity index (χ0v) is 15.5. The molecule has 0 spiro atoms. The van der Waals surface area contributed by atoms with E-state index in [1.54, 1.807) is 0 Å². The Kier molecular flexibility index (Phi) is 9.61. The van der Waals surface area contributed by atoms with Gasteiger partial charge in [0.1, 0.15) is 0 Å². The van der Waals surface area contributed by atoms with Crippen LogP contribution in [0.25, 0.3) is 0 Å². The first kappa shape index (κ1) is 25.1. The predicted octanol–water partition coefficient (Wildman–Crippen LogP) is 7.52. The average Bonchev–Trinajstić information content (AvgIpc) is 2.83. The molecule has 0 N–H and O–H groups in total. The van der Waals surface area contributed by atoms with Crippen LogP contribution in [-0.2, 0) is 19.5 Å². The summed E-state index contributed by atoms with van der Waals surface area (Å²) in [5.41, 5.74) is 2.76. The van der Waals surface area contributed by atoms with Crippen LogP contribution in [0.1, 0.15) is 30.9 Å². The van der Waals surface area contributed by atoms with Crippen molar-refractivity contribution in [3.05, 3.63) is 67.5 Å². The number of hydrogen-bond acceptors (Lipinski definition) is 0. The van der Waals surface area contributed by atoms with Gasteiger partial charge in [0.05, 0.1) is 0 Å². The average molecular weight is 445 g/mol. The number of rotatable bonds is 1. The van der Waals surface area contributed by atoms with E-state index in [2.05, 4.69) is 45.0 Å². The normalized spacial score (nSPS) is 16.8. The van der Waals surface area contributed by atoms with Gasteiger partial charge in [0, 0.05) is 0 Å². The van der Waals surface area contributed by atoms with Gasteiger partial charge in [-0.3, -0.25) is 0 Å². The fraction of sp³-hybridized carbons (Fsp3) is 0.267. The first-order chi connectivity index (χ1) is 9.65. The second-order valence-electron chi connectivity index (χ2n) is 4.99. The van der Waals surface area contributed by atoms with Crippen molar-refractivity contribution in [1.82, 2.24) is 0 Å². The summed E-state index contributed by atoms with van der Waals surface area (Å²) in [6.45, 7) is 6.54. The molecule has 0 aliphatic heterocycles. The molecule has 8 heteroatoms. The van der Waals surface area contributed by atoms with Crippen molar-refractivity contribution in [1.29, 1.82) is 0 Å². The molecule has 6 radical (unpaired) electrons. The van der Waals surface area contributed by atoms with Crippen LogP contribution in [0.3, 0.4) is 0 Å². The molecule has 0 heterocycles. The Bertz CT molecular complexity index is 415. The predicted molar refractivity (Wildman–Crippen MR) is 80.3 cm³/mol. The van der Waals surface area contributed by atoms with Gasteiger partial charge < -0.3 is 0 Å². The van der Waals surface area contributed by atoms with E-state index in [4.69, 9.17) is 0 Å². The summed E-state index contributed by atoms with van der Waals surface area (Å²) in [6, 6.07) is 8.71. The Balaban J connectivity index is 0. The van der Waals surface area contributed by atoms with Gasteiger partial charge in [-0.1, -0.05) is 43.7 Å². The molecule has 134 valence electrons. The molecule has 0 atom stereocenters. The SMILES string of the molecule is Cc1ccc(C(C)C)cc1.F[P-](F)(F)(F)(F)F.[CH]1[CH][CH][CH][CH]1.[Ru+]. The zero-order chi connectivity index (χ0) is 17.5. The van der Waals surface area contributed by atoms with E-state index in [1.807, 2.05) is 32.1 Å². The molecule has 0 unspecified atom stereocenters. The van der Waals surface area contributed by atoms with E-state index in [-0.39, 0.29) is 19.5 Å². The van der Waals surface area contributed by atoms with E-state index >= 15 is 0 Å². The van der Waals surface area contributed by atoms with Gasteiger partial charge in [-0.25, -0.2) is 0 Å². The maximum absolute atomic E-state index is 10.7. The molecule has 0 bridgehead atoms. The smallest absolute Gasteiger partial charge is 0.0312 e. The monoisotopic (exact) mass is 446 g/mol. The molecule has 23 heavy (non-hydrogen) atoms. The molecule has 1 aromatic rings. The summed E-state index contributed by atoms with van der Waals surface area (Å²) in [7, 11) is -10.7. The molecule has 2 rings (SSSR count). The topological polar surface area (TPSA) is 0 Å². The van der Waals surface area contributed by atoms with Gasteiger partial charge in [-0.2, -0.15) is 0 Å². The maximum atomic E-state index is 9.87. The minimum absolute atomic E-state index is 0. The van der Waals surface area contributed by atoms with E-state index in [0.29, 0.717) is 5.92 Å². The summed E-state index contributed by atoms with van der Waals surface area (Å²) >= 11 is 0. The van der Waals surface area contributed by atoms with Crippen LogP contribution in [0.4, 0.5) is 25.2 Å².